The highest BCUT2D eigenvalue weighted by Crippen LogP contribution is 2.43. The third-order valence-corrected chi connectivity index (χ3v) is 4.12. The molecule has 6 heteroatoms. The lowest BCUT2D eigenvalue weighted by Gasteiger charge is -2.26. The molecule has 0 unspecified atom stereocenters. The van der Waals surface area contributed by atoms with Crippen LogP contribution in [-0.4, -0.2) is 27.1 Å². The molecule has 1 aliphatic carbocycles. The number of furan rings is 1. The van der Waals surface area contributed by atoms with Crippen molar-refractivity contribution in [3.8, 4) is 11.7 Å². The van der Waals surface area contributed by atoms with Gasteiger partial charge in [0.2, 0.25) is 5.89 Å². The summed E-state index contributed by atoms with van der Waals surface area (Å²) in [5, 5.41) is 8.18. The predicted molar refractivity (Wildman–Crippen MR) is 83.2 cm³/mol. The summed E-state index contributed by atoms with van der Waals surface area (Å²) in [6.07, 6.45) is 5.93. The van der Waals surface area contributed by atoms with Crippen LogP contribution in [-0.2, 0) is 6.54 Å². The van der Waals surface area contributed by atoms with Gasteiger partial charge in [0.15, 0.2) is 5.76 Å². The van der Waals surface area contributed by atoms with Crippen molar-refractivity contribution in [3.63, 3.8) is 0 Å². The fourth-order valence-corrected chi connectivity index (χ4v) is 2.92. The maximum Gasteiger partial charge on any atom is 0.283 e. The lowest BCUT2D eigenvalue weighted by atomic mass is 10.1. The van der Waals surface area contributed by atoms with Crippen LogP contribution in [0.1, 0.15) is 30.5 Å². The van der Waals surface area contributed by atoms with Gasteiger partial charge in [-0.2, -0.15) is 0 Å². The van der Waals surface area contributed by atoms with E-state index in [-0.39, 0.29) is 6.04 Å². The Balaban J connectivity index is 1.51. The van der Waals surface area contributed by atoms with Crippen molar-refractivity contribution in [1.82, 2.24) is 20.1 Å². The summed E-state index contributed by atoms with van der Waals surface area (Å²) in [5.74, 6) is 2.25. The molecule has 1 fully saturated rings. The lowest BCUT2D eigenvalue weighted by molar-refractivity contribution is 0.190. The molecule has 3 aromatic rings. The van der Waals surface area contributed by atoms with Crippen molar-refractivity contribution in [1.29, 1.82) is 0 Å². The molecule has 0 spiro atoms. The number of pyridine rings is 1. The molecular weight excluding hydrogens is 292 g/mol. The van der Waals surface area contributed by atoms with Crippen molar-refractivity contribution in [2.45, 2.75) is 25.4 Å². The van der Waals surface area contributed by atoms with Crippen LogP contribution in [0.15, 0.2) is 51.6 Å². The summed E-state index contributed by atoms with van der Waals surface area (Å²) in [4.78, 5) is 6.76. The minimum Gasteiger partial charge on any atom is -0.459 e. The Hall–Kier alpha value is -2.47. The molecule has 0 aromatic carbocycles. The summed E-state index contributed by atoms with van der Waals surface area (Å²) in [7, 11) is 2.08. The minimum atomic E-state index is 0.287. The number of hydrogen-bond donors (Lipinski definition) is 0. The van der Waals surface area contributed by atoms with Gasteiger partial charge in [0.05, 0.1) is 24.5 Å². The number of hydrogen-bond acceptors (Lipinski definition) is 6. The van der Waals surface area contributed by atoms with Crippen molar-refractivity contribution >= 4 is 0 Å². The molecule has 0 N–H and O–H groups in total. The summed E-state index contributed by atoms with van der Waals surface area (Å²) >= 11 is 0. The third kappa shape index (κ3) is 3.03. The van der Waals surface area contributed by atoms with Gasteiger partial charge in [-0.25, -0.2) is 0 Å². The van der Waals surface area contributed by atoms with Crippen molar-refractivity contribution < 1.29 is 8.83 Å². The van der Waals surface area contributed by atoms with Gasteiger partial charge < -0.3 is 8.83 Å². The number of aromatic nitrogens is 3. The normalized spacial score (nSPS) is 15.9. The zero-order chi connectivity index (χ0) is 15.6. The molecule has 4 rings (SSSR count). The molecule has 0 saturated heterocycles. The standard InChI is InChI=1S/C17H18N4O2/c1-21(16(12-7-8-12)13-5-2-3-9-18-13)11-15-19-20-17(23-15)14-6-4-10-22-14/h2-6,9-10,12,16H,7-8,11H2,1H3/t16-/m0/s1. The van der Waals surface area contributed by atoms with Gasteiger partial charge in [-0.1, -0.05) is 6.07 Å². The van der Waals surface area contributed by atoms with Crippen LogP contribution < -0.4 is 0 Å². The Morgan fingerprint density at radius 1 is 1.22 bits per heavy atom. The maximum atomic E-state index is 5.71. The van der Waals surface area contributed by atoms with E-state index >= 15 is 0 Å². The Morgan fingerprint density at radius 3 is 2.83 bits per heavy atom. The van der Waals surface area contributed by atoms with Crippen LogP contribution in [0.5, 0.6) is 0 Å². The lowest BCUT2D eigenvalue weighted by Crippen LogP contribution is -2.26. The highest BCUT2D eigenvalue weighted by Gasteiger charge is 2.36. The number of nitrogens with zero attached hydrogens (tertiary/aromatic N) is 4. The van der Waals surface area contributed by atoms with E-state index in [9.17, 15) is 0 Å². The van der Waals surface area contributed by atoms with E-state index in [1.165, 1.54) is 12.8 Å². The molecule has 3 heterocycles. The quantitative estimate of drug-likeness (QED) is 0.696. The monoisotopic (exact) mass is 310 g/mol. The first kappa shape index (κ1) is 14.1. The van der Waals surface area contributed by atoms with Crippen molar-refractivity contribution in [2.24, 2.45) is 5.92 Å². The largest absolute Gasteiger partial charge is 0.459 e. The highest BCUT2D eigenvalue weighted by atomic mass is 16.4. The summed E-state index contributed by atoms with van der Waals surface area (Å²) in [6.45, 7) is 0.589. The Labute approximate surface area is 134 Å². The zero-order valence-electron chi connectivity index (χ0n) is 12.9. The molecule has 23 heavy (non-hydrogen) atoms. The first-order chi connectivity index (χ1) is 11.3. The average Bonchev–Trinajstić information content (AvgIpc) is 3.06. The predicted octanol–water partition coefficient (Wildman–Crippen LogP) is 3.31. The van der Waals surface area contributed by atoms with Crippen LogP contribution in [0.4, 0.5) is 0 Å². The zero-order valence-corrected chi connectivity index (χ0v) is 12.9. The second kappa shape index (κ2) is 5.96. The van der Waals surface area contributed by atoms with Gasteiger partial charge in [0.1, 0.15) is 0 Å². The van der Waals surface area contributed by atoms with Crippen molar-refractivity contribution in [2.75, 3.05) is 7.05 Å². The number of rotatable bonds is 6. The second-order valence-electron chi connectivity index (χ2n) is 5.93. The molecular formula is C17H18N4O2. The van der Waals surface area contributed by atoms with Gasteiger partial charge in [0.25, 0.3) is 5.89 Å². The molecule has 3 aromatic heterocycles. The van der Waals surface area contributed by atoms with Gasteiger partial charge in [0, 0.05) is 6.20 Å². The van der Waals surface area contributed by atoms with E-state index < -0.39 is 0 Å². The maximum absolute atomic E-state index is 5.71. The van der Waals surface area contributed by atoms with Gasteiger partial charge >= 0.3 is 0 Å². The topological polar surface area (TPSA) is 68.2 Å². The van der Waals surface area contributed by atoms with E-state index in [2.05, 4.69) is 33.2 Å². The highest BCUT2D eigenvalue weighted by molar-refractivity contribution is 5.42. The van der Waals surface area contributed by atoms with Crippen LogP contribution in [0.3, 0.4) is 0 Å². The minimum absolute atomic E-state index is 0.287. The average molecular weight is 310 g/mol. The summed E-state index contributed by atoms with van der Waals surface area (Å²) < 4.78 is 11.0. The van der Waals surface area contributed by atoms with Crippen molar-refractivity contribution in [3.05, 3.63) is 54.4 Å². The van der Waals surface area contributed by atoms with E-state index in [1.54, 1.807) is 12.3 Å². The van der Waals surface area contributed by atoms with E-state index in [4.69, 9.17) is 8.83 Å². The Morgan fingerprint density at radius 2 is 2.13 bits per heavy atom. The molecule has 0 amide bonds. The van der Waals surface area contributed by atoms with E-state index in [1.807, 2.05) is 24.4 Å². The van der Waals surface area contributed by atoms with Crippen LogP contribution in [0.25, 0.3) is 11.7 Å². The van der Waals surface area contributed by atoms with Crippen LogP contribution in [0, 0.1) is 5.92 Å². The molecule has 1 aliphatic rings. The Bertz CT molecular complexity index is 750. The fraction of sp³-hybridized carbons (Fsp3) is 0.353. The molecule has 1 atom stereocenters. The third-order valence-electron chi connectivity index (χ3n) is 4.12. The fourth-order valence-electron chi connectivity index (χ4n) is 2.92. The molecule has 1 saturated carbocycles. The van der Waals surface area contributed by atoms with Gasteiger partial charge in [-0.15, -0.1) is 10.2 Å². The molecule has 6 nitrogen and oxygen atoms in total. The Kier molecular flexibility index (Phi) is 3.67. The molecule has 0 radical (unpaired) electrons. The summed E-state index contributed by atoms with van der Waals surface area (Å²) in [6, 6.07) is 9.96. The first-order valence-electron chi connectivity index (χ1n) is 7.78. The van der Waals surface area contributed by atoms with Crippen LogP contribution >= 0.6 is 0 Å². The van der Waals surface area contributed by atoms with Crippen LogP contribution in [0.2, 0.25) is 0 Å². The second-order valence-corrected chi connectivity index (χ2v) is 5.93. The van der Waals surface area contributed by atoms with E-state index in [0.717, 1.165) is 5.69 Å². The first-order valence-corrected chi connectivity index (χ1v) is 7.78. The SMILES string of the molecule is CN(Cc1nnc(-c2ccco2)o1)[C@H](c1ccccn1)C1CC1. The molecule has 0 bridgehead atoms. The summed E-state index contributed by atoms with van der Waals surface area (Å²) in [5.41, 5.74) is 1.10. The smallest absolute Gasteiger partial charge is 0.283 e. The van der Waals surface area contributed by atoms with E-state index in [0.29, 0.717) is 30.0 Å². The van der Waals surface area contributed by atoms with Gasteiger partial charge in [-0.3, -0.25) is 9.88 Å². The van der Waals surface area contributed by atoms with Gasteiger partial charge in [-0.05, 0) is 50.1 Å². The molecule has 0 aliphatic heterocycles. The molecule has 118 valence electrons.